The molecule has 1 rings (SSSR count). The molecule has 14 heavy (non-hydrogen) atoms. The molecule has 1 aliphatic rings. The van der Waals surface area contributed by atoms with Gasteiger partial charge in [0.25, 0.3) is 0 Å². The lowest BCUT2D eigenvalue weighted by Crippen LogP contribution is -2.35. The van der Waals surface area contributed by atoms with Gasteiger partial charge in [-0.2, -0.15) is 0 Å². The first kappa shape index (κ1) is 11.3. The van der Waals surface area contributed by atoms with E-state index >= 15 is 0 Å². The van der Waals surface area contributed by atoms with Crippen molar-refractivity contribution in [2.24, 2.45) is 5.41 Å². The Morgan fingerprint density at radius 3 is 2.71 bits per heavy atom. The summed E-state index contributed by atoms with van der Waals surface area (Å²) >= 11 is 0. The van der Waals surface area contributed by atoms with E-state index in [1.165, 1.54) is 24.8 Å². The molecule has 0 saturated carbocycles. The predicted molar refractivity (Wildman–Crippen MR) is 59.0 cm³/mol. The molecule has 0 bridgehead atoms. The molecular weight excluding hydrogens is 174 g/mol. The summed E-state index contributed by atoms with van der Waals surface area (Å²) in [6.07, 6.45) is 7.08. The number of amides is 1. The Morgan fingerprint density at radius 2 is 2.21 bits per heavy atom. The van der Waals surface area contributed by atoms with Crippen molar-refractivity contribution < 1.29 is 4.79 Å². The second-order valence-electron chi connectivity index (χ2n) is 5.01. The summed E-state index contributed by atoms with van der Waals surface area (Å²) in [5.41, 5.74) is 1.25. The van der Waals surface area contributed by atoms with Gasteiger partial charge < -0.3 is 5.32 Å². The topological polar surface area (TPSA) is 29.1 Å². The number of carbonyl (C=O) groups excluding carboxylic acids is 1. The van der Waals surface area contributed by atoms with Crippen LogP contribution in [0.4, 0.5) is 0 Å². The van der Waals surface area contributed by atoms with Crippen molar-refractivity contribution in [1.82, 2.24) is 5.32 Å². The zero-order valence-electron chi connectivity index (χ0n) is 9.52. The number of nitrogens with one attached hydrogen (secondary N) is 1. The fourth-order valence-electron chi connectivity index (χ4n) is 1.57. The van der Waals surface area contributed by atoms with Crippen LogP contribution in [-0.4, -0.2) is 12.5 Å². The van der Waals surface area contributed by atoms with Crippen LogP contribution in [0.1, 0.15) is 46.5 Å². The third-order valence-electron chi connectivity index (χ3n) is 2.55. The van der Waals surface area contributed by atoms with Crippen molar-refractivity contribution in [3.05, 3.63) is 11.6 Å². The average molecular weight is 195 g/mol. The van der Waals surface area contributed by atoms with Gasteiger partial charge >= 0.3 is 0 Å². The summed E-state index contributed by atoms with van der Waals surface area (Å²) in [5.74, 6) is 0.149. The quantitative estimate of drug-likeness (QED) is 0.689. The fraction of sp³-hybridized carbons (Fsp3) is 0.750. The molecule has 1 aliphatic carbocycles. The van der Waals surface area contributed by atoms with Crippen LogP contribution in [-0.2, 0) is 4.79 Å². The van der Waals surface area contributed by atoms with Gasteiger partial charge in [0.1, 0.15) is 0 Å². The smallest absolute Gasteiger partial charge is 0.225 e. The molecule has 2 heteroatoms. The summed E-state index contributed by atoms with van der Waals surface area (Å²) in [6.45, 7) is 6.62. The maximum absolute atomic E-state index is 11.5. The Balaban J connectivity index is 2.18. The van der Waals surface area contributed by atoms with Crippen LogP contribution < -0.4 is 5.32 Å². The standard InChI is InChI=1S/C12H21NO/c1-12(2,3)11(14)13-9-8-10-6-4-5-7-10/h6H,4-5,7-9H2,1-3H3,(H,13,14). The van der Waals surface area contributed by atoms with Gasteiger partial charge in [0.15, 0.2) is 0 Å². The molecule has 80 valence electrons. The Bertz CT molecular complexity index is 235. The van der Waals surface area contributed by atoms with E-state index in [-0.39, 0.29) is 11.3 Å². The van der Waals surface area contributed by atoms with Crippen molar-refractivity contribution in [3.63, 3.8) is 0 Å². The lowest BCUT2D eigenvalue weighted by atomic mass is 9.95. The fourth-order valence-corrected chi connectivity index (χ4v) is 1.57. The van der Waals surface area contributed by atoms with Crippen LogP contribution in [0.15, 0.2) is 11.6 Å². The Hall–Kier alpha value is -0.790. The number of hydrogen-bond donors (Lipinski definition) is 1. The summed E-state index contributed by atoms with van der Waals surface area (Å²) < 4.78 is 0. The lowest BCUT2D eigenvalue weighted by Gasteiger charge is -2.17. The first-order chi connectivity index (χ1) is 6.50. The van der Waals surface area contributed by atoms with Crippen molar-refractivity contribution in [3.8, 4) is 0 Å². The average Bonchev–Trinajstić information content (AvgIpc) is 2.55. The van der Waals surface area contributed by atoms with Crippen LogP contribution in [0.2, 0.25) is 0 Å². The summed E-state index contributed by atoms with van der Waals surface area (Å²) in [6, 6.07) is 0. The number of carbonyl (C=O) groups is 1. The normalized spacial score (nSPS) is 16.6. The molecule has 0 aromatic rings. The minimum Gasteiger partial charge on any atom is -0.355 e. The molecule has 1 amide bonds. The van der Waals surface area contributed by atoms with Gasteiger partial charge in [-0.05, 0) is 25.7 Å². The Labute approximate surface area is 86.8 Å². The molecule has 0 radical (unpaired) electrons. The summed E-state index contributed by atoms with van der Waals surface area (Å²) in [4.78, 5) is 11.5. The van der Waals surface area contributed by atoms with E-state index in [2.05, 4.69) is 11.4 Å². The van der Waals surface area contributed by atoms with Gasteiger partial charge in [-0.1, -0.05) is 32.4 Å². The molecule has 0 aromatic heterocycles. The van der Waals surface area contributed by atoms with E-state index in [0.717, 1.165) is 13.0 Å². The molecule has 0 fully saturated rings. The Kier molecular flexibility index (Phi) is 3.73. The molecule has 0 aromatic carbocycles. The highest BCUT2D eigenvalue weighted by Crippen LogP contribution is 2.20. The van der Waals surface area contributed by atoms with Gasteiger partial charge in [0.2, 0.25) is 5.91 Å². The van der Waals surface area contributed by atoms with Crippen LogP contribution in [0.3, 0.4) is 0 Å². The predicted octanol–water partition coefficient (Wildman–Crippen LogP) is 2.65. The van der Waals surface area contributed by atoms with Crippen molar-refractivity contribution in [2.75, 3.05) is 6.54 Å². The molecule has 0 aliphatic heterocycles. The van der Waals surface area contributed by atoms with Crippen LogP contribution >= 0.6 is 0 Å². The first-order valence-corrected chi connectivity index (χ1v) is 5.46. The van der Waals surface area contributed by atoms with E-state index < -0.39 is 0 Å². The van der Waals surface area contributed by atoms with E-state index in [4.69, 9.17) is 0 Å². The molecule has 0 heterocycles. The van der Waals surface area contributed by atoms with Crippen molar-refractivity contribution in [1.29, 1.82) is 0 Å². The third-order valence-corrected chi connectivity index (χ3v) is 2.55. The summed E-state index contributed by atoms with van der Waals surface area (Å²) in [7, 11) is 0. The van der Waals surface area contributed by atoms with E-state index in [1.54, 1.807) is 0 Å². The highest BCUT2D eigenvalue weighted by atomic mass is 16.2. The van der Waals surface area contributed by atoms with Crippen LogP contribution in [0.25, 0.3) is 0 Å². The van der Waals surface area contributed by atoms with Crippen molar-refractivity contribution >= 4 is 5.91 Å². The zero-order chi connectivity index (χ0) is 10.6. The Morgan fingerprint density at radius 1 is 1.50 bits per heavy atom. The first-order valence-electron chi connectivity index (χ1n) is 5.46. The second kappa shape index (κ2) is 4.63. The maximum Gasteiger partial charge on any atom is 0.225 e. The van der Waals surface area contributed by atoms with Gasteiger partial charge in [0.05, 0.1) is 0 Å². The maximum atomic E-state index is 11.5. The van der Waals surface area contributed by atoms with E-state index in [9.17, 15) is 4.79 Å². The van der Waals surface area contributed by atoms with Crippen LogP contribution in [0.5, 0.6) is 0 Å². The monoisotopic (exact) mass is 195 g/mol. The van der Waals surface area contributed by atoms with E-state index in [1.807, 2.05) is 20.8 Å². The minimum atomic E-state index is -0.260. The zero-order valence-corrected chi connectivity index (χ0v) is 9.52. The van der Waals surface area contributed by atoms with Gasteiger partial charge in [0, 0.05) is 12.0 Å². The second-order valence-corrected chi connectivity index (χ2v) is 5.01. The highest BCUT2D eigenvalue weighted by Gasteiger charge is 2.20. The number of rotatable bonds is 3. The molecule has 1 N–H and O–H groups in total. The molecule has 0 saturated heterocycles. The third kappa shape index (κ3) is 3.52. The SMILES string of the molecule is CC(C)(C)C(=O)NCCC1=CCCC1. The molecule has 0 unspecified atom stereocenters. The molecule has 2 nitrogen and oxygen atoms in total. The summed E-state index contributed by atoms with van der Waals surface area (Å²) in [5, 5.41) is 2.97. The molecular formula is C12H21NO. The van der Waals surface area contributed by atoms with Gasteiger partial charge in [-0.15, -0.1) is 0 Å². The van der Waals surface area contributed by atoms with Gasteiger partial charge in [-0.25, -0.2) is 0 Å². The number of allylic oxidation sites excluding steroid dienone is 1. The lowest BCUT2D eigenvalue weighted by molar-refractivity contribution is -0.128. The molecule has 0 spiro atoms. The van der Waals surface area contributed by atoms with Gasteiger partial charge in [-0.3, -0.25) is 4.79 Å². The van der Waals surface area contributed by atoms with E-state index in [0.29, 0.717) is 0 Å². The van der Waals surface area contributed by atoms with Crippen molar-refractivity contribution in [2.45, 2.75) is 46.5 Å². The molecule has 0 atom stereocenters. The number of hydrogen-bond acceptors (Lipinski definition) is 1. The highest BCUT2D eigenvalue weighted by molar-refractivity contribution is 5.81. The van der Waals surface area contributed by atoms with Crippen LogP contribution in [0, 0.1) is 5.41 Å². The largest absolute Gasteiger partial charge is 0.355 e. The minimum absolute atomic E-state index is 0.149.